The van der Waals surface area contributed by atoms with Crippen molar-refractivity contribution in [3.63, 3.8) is 0 Å². The van der Waals surface area contributed by atoms with Gasteiger partial charge in [-0.25, -0.2) is 14.8 Å². The van der Waals surface area contributed by atoms with Gasteiger partial charge in [-0.1, -0.05) is 0 Å². The quantitative estimate of drug-likeness (QED) is 0.680. The van der Waals surface area contributed by atoms with Crippen molar-refractivity contribution < 1.29 is 0 Å². The Kier molecular flexibility index (Phi) is 2.89. The van der Waals surface area contributed by atoms with Crippen LogP contribution in [0, 0.1) is 3.70 Å². The van der Waals surface area contributed by atoms with Gasteiger partial charge in [0.15, 0.2) is 0 Å². The second-order valence-corrected chi connectivity index (χ2v) is 4.15. The number of halogens is 2. The summed E-state index contributed by atoms with van der Waals surface area (Å²) in [6.45, 7) is 1.96. The molecule has 0 spiro atoms. The van der Waals surface area contributed by atoms with Gasteiger partial charge in [0.1, 0.15) is 3.70 Å². The van der Waals surface area contributed by atoms with Crippen molar-refractivity contribution in [2.24, 2.45) is 0 Å². The predicted molar refractivity (Wildman–Crippen MR) is 63.1 cm³/mol. The summed E-state index contributed by atoms with van der Waals surface area (Å²) in [5.74, 6) is 0.700. The van der Waals surface area contributed by atoms with Gasteiger partial charge in [0, 0.05) is 12.4 Å². The summed E-state index contributed by atoms with van der Waals surface area (Å²) in [5.41, 5.74) is 0.916. The molecule has 2 aromatic heterocycles. The van der Waals surface area contributed by atoms with Crippen LogP contribution in [0.4, 0.5) is 0 Å². The molecule has 0 aliphatic carbocycles. The van der Waals surface area contributed by atoms with Crippen LogP contribution in [-0.2, 0) is 0 Å². The highest BCUT2D eigenvalue weighted by Gasteiger charge is 2.15. The third kappa shape index (κ3) is 1.59. The molecule has 1 N–H and O–H groups in total. The first kappa shape index (κ1) is 10.1. The fourth-order valence-corrected chi connectivity index (χ4v) is 2.27. The topological polar surface area (TPSA) is 42.2 Å². The lowest BCUT2D eigenvalue weighted by molar-refractivity contribution is 0.717. The predicted octanol–water partition coefficient (Wildman–Crippen LogP) is 2.14. The molecule has 0 radical (unpaired) electrons. The monoisotopic (exact) mass is 322 g/mol. The highest BCUT2D eigenvalue weighted by molar-refractivity contribution is 14.1. The van der Waals surface area contributed by atoms with Crippen LogP contribution in [-0.4, -0.2) is 14.4 Å². The van der Waals surface area contributed by atoms with E-state index >= 15 is 0 Å². The molecular weight excluding hydrogens is 314 g/mol. The first-order chi connectivity index (χ1) is 6.74. The van der Waals surface area contributed by atoms with E-state index in [9.17, 15) is 0 Å². The second kappa shape index (κ2) is 4.00. The van der Waals surface area contributed by atoms with E-state index in [0.717, 1.165) is 9.39 Å². The van der Waals surface area contributed by atoms with Gasteiger partial charge < -0.3 is 0 Å². The summed E-state index contributed by atoms with van der Waals surface area (Å²) in [6, 6.07) is 1.89. The highest BCUT2D eigenvalue weighted by atomic mass is 127. The number of hydrogen-bond donors (Lipinski definition) is 1. The van der Waals surface area contributed by atoms with Crippen molar-refractivity contribution in [1.29, 1.82) is 0 Å². The number of rotatable bonds is 2. The largest absolute Gasteiger partial charge is 0.278 e. The summed E-state index contributed by atoms with van der Waals surface area (Å²) in [6.07, 6.45) is 3.66. The normalized spacial score (nSPS) is 13.4. The lowest BCUT2D eigenvalue weighted by Crippen LogP contribution is -2.08. The molecule has 0 aromatic carbocycles. The molecule has 0 aliphatic heterocycles. The minimum Gasteiger partial charge on any atom is -0.278 e. The lowest BCUT2D eigenvalue weighted by Gasteiger charge is -2.04. The number of nitrogens with one attached hydrogen (secondary N) is 1. The van der Waals surface area contributed by atoms with Gasteiger partial charge in [0.25, 0.3) is 0 Å². The number of nitrogens with zero attached hydrogens (tertiary/aromatic N) is 3. The Hall–Kier alpha value is -0.400. The molecule has 14 heavy (non-hydrogen) atoms. The van der Waals surface area contributed by atoms with E-state index in [1.54, 1.807) is 6.20 Å². The zero-order valence-electron chi connectivity index (χ0n) is 7.41. The Morgan fingerprint density at radius 3 is 3.07 bits per heavy atom. The molecule has 74 valence electrons. The van der Waals surface area contributed by atoms with Crippen LogP contribution in [0.25, 0.3) is 5.78 Å². The molecule has 0 bridgehead atoms. The first-order valence-corrected chi connectivity index (χ1v) is 5.54. The van der Waals surface area contributed by atoms with E-state index in [0.29, 0.717) is 5.78 Å². The smallest absolute Gasteiger partial charge is 0.234 e. The highest BCUT2D eigenvalue weighted by Crippen LogP contribution is 2.20. The summed E-state index contributed by atoms with van der Waals surface area (Å²) < 4.78 is 2.96. The Morgan fingerprint density at radius 1 is 1.64 bits per heavy atom. The molecule has 2 aromatic rings. The molecule has 0 aliphatic rings. The SMILES string of the molecule is C[C@@H](NCl)c1nc2ncccn2c1I. The van der Waals surface area contributed by atoms with Crippen molar-refractivity contribution in [2.75, 3.05) is 0 Å². The summed E-state index contributed by atoms with van der Waals surface area (Å²) >= 11 is 7.80. The Bertz CT molecular complexity index is 456. The molecule has 2 rings (SSSR count). The van der Waals surface area contributed by atoms with Crippen molar-refractivity contribution in [1.82, 2.24) is 19.2 Å². The van der Waals surface area contributed by atoms with E-state index < -0.39 is 0 Å². The maximum Gasteiger partial charge on any atom is 0.234 e. The van der Waals surface area contributed by atoms with Gasteiger partial charge in [-0.05, 0) is 47.4 Å². The second-order valence-electron chi connectivity index (χ2n) is 2.91. The fourth-order valence-electron chi connectivity index (χ4n) is 1.20. The van der Waals surface area contributed by atoms with Crippen LogP contribution in [0.2, 0.25) is 0 Å². The molecule has 1 atom stereocenters. The Balaban J connectivity index is 2.62. The number of fused-ring (bicyclic) bond motifs is 1. The van der Waals surface area contributed by atoms with Crippen molar-refractivity contribution >= 4 is 40.1 Å². The van der Waals surface area contributed by atoms with E-state index in [2.05, 4.69) is 37.4 Å². The third-order valence-corrected chi connectivity index (χ3v) is 3.34. The third-order valence-electron chi connectivity index (χ3n) is 1.94. The Morgan fingerprint density at radius 2 is 2.43 bits per heavy atom. The van der Waals surface area contributed by atoms with Crippen molar-refractivity contribution in [2.45, 2.75) is 13.0 Å². The number of hydrogen-bond acceptors (Lipinski definition) is 3. The average molecular weight is 323 g/mol. The van der Waals surface area contributed by atoms with Crippen LogP contribution >= 0.6 is 34.4 Å². The van der Waals surface area contributed by atoms with Gasteiger partial charge >= 0.3 is 0 Å². The number of imidazole rings is 1. The minimum atomic E-state index is 0.0188. The van der Waals surface area contributed by atoms with Gasteiger partial charge in [0.05, 0.1) is 11.7 Å². The van der Waals surface area contributed by atoms with Crippen LogP contribution in [0.15, 0.2) is 18.5 Å². The molecule has 6 heteroatoms. The van der Waals surface area contributed by atoms with Crippen LogP contribution in [0.1, 0.15) is 18.7 Å². The van der Waals surface area contributed by atoms with Crippen LogP contribution in [0.3, 0.4) is 0 Å². The first-order valence-electron chi connectivity index (χ1n) is 4.08. The standard InChI is InChI=1S/C8H8ClIN4/c1-5(13-9)6-7(10)14-4-2-3-11-8(14)12-6/h2-5,13H,1H3/t5-/m1/s1. The van der Waals surface area contributed by atoms with Gasteiger partial charge in [-0.15, -0.1) is 0 Å². The fraction of sp³-hybridized carbons (Fsp3) is 0.250. The maximum absolute atomic E-state index is 5.56. The molecular formula is C8H8ClIN4. The zero-order chi connectivity index (χ0) is 10.1. The van der Waals surface area contributed by atoms with Gasteiger partial charge in [-0.2, -0.15) is 0 Å². The van der Waals surface area contributed by atoms with Crippen LogP contribution < -0.4 is 4.84 Å². The summed E-state index contributed by atoms with van der Waals surface area (Å²) in [7, 11) is 0. The molecule has 0 saturated heterocycles. The average Bonchev–Trinajstić information content (AvgIpc) is 2.56. The lowest BCUT2D eigenvalue weighted by atomic mass is 10.3. The van der Waals surface area contributed by atoms with Gasteiger partial charge in [-0.3, -0.25) is 4.40 Å². The molecule has 4 nitrogen and oxygen atoms in total. The molecule has 0 saturated carbocycles. The molecule has 0 amide bonds. The molecule has 0 fully saturated rings. The zero-order valence-corrected chi connectivity index (χ0v) is 10.3. The van der Waals surface area contributed by atoms with Crippen LogP contribution in [0.5, 0.6) is 0 Å². The summed E-state index contributed by atoms with van der Waals surface area (Å²) in [5, 5.41) is 0. The summed E-state index contributed by atoms with van der Waals surface area (Å²) in [4.78, 5) is 11.2. The Labute approximate surface area is 99.9 Å². The molecule has 2 heterocycles. The maximum atomic E-state index is 5.56. The van der Waals surface area contributed by atoms with Crippen molar-refractivity contribution in [3.8, 4) is 0 Å². The van der Waals surface area contributed by atoms with E-state index in [-0.39, 0.29) is 6.04 Å². The van der Waals surface area contributed by atoms with Crippen molar-refractivity contribution in [3.05, 3.63) is 27.9 Å². The molecule has 0 unspecified atom stereocenters. The van der Waals surface area contributed by atoms with E-state index in [4.69, 9.17) is 11.8 Å². The van der Waals surface area contributed by atoms with Gasteiger partial charge in [0.2, 0.25) is 5.78 Å². The minimum absolute atomic E-state index is 0.0188. The van der Waals surface area contributed by atoms with E-state index in [1.807, 2.05) is 23.6 Å². The van der Waals surface area contributed by atoms with E-state index in [1.165, 1.54) is 0 Å². The number of aromatic nitrogens is 3.